The van der Waals surface area contributed by atoms with E-state index in [2.05, 4.69) is 5.32 Å². The summed E-state index contributed by atoms with van der Waals surface area (Å²) in [6.45, 7) is 0.797. The monoisotopic (exact) mass is 306 g/mol. The van der Waals surface area contributed by atoms with Gasteiger partial charge in [0.15, 0.2) is 0 Å². The molecule has 0 aromatic carbocycles. The summed E-state index contributed by atoms with van der Waals surface area (Å²) in [7, 11) is 3.13. The van der Waals surface area contributed by atoms with Crippen LogP contribution in [-0.2, 0) is 14.3 Å². The number of rotatable bonds is 7. The van der Waals surface area contributed by atoms with Crippen LogP contribution in [0.25, 0.3) is 0 Å². The van der Waals surface area contributed by atoms with E-state index in [1.807, 2.05) is 6.26 Å². The number of thioether (sulfide) groups is 1. The van der Waals surface area contributed by atoms with Gasteiger partial charge in [-0.15, -0.1) is 0 Å². The lowest BCUT2D eigenvalue weighted by Gasteiger charge is -2.20. The van der Waals surface area contributed by atoms with Crippen LogP contribution in [0.4, 0.5) is 4.79 Å². The molecule has 116 valence electrons. The highest BCUT2D eigenvalue weighted by Crippen LogP contribution is 2.16. The Kier molecular flexibility index (Phi) is 7.11. The second kappa shape index (κ2) is 8.33. The molecular weight excluding hydrogens is 284 g/mol. The summed E-state index contributed by atoms with van der Waals surface area (Å²) in [5, 5.41) is 11.6. The van der Waals surface area contributed by atoms with Gasteiger partial charge in [-0.2, -0.15) is 11.8 Å². The lowest BCUT2D eigenvalue weighted by molar-refractivity contribution is -0.139. The fourth-order valence-corrected chi connectivity index (χ4v) is 2.57. The van der Waals surface area contributed by atoms with E-state index in [4.69, 9.17) is 14.6 Å². The average molecular weight is 306 g/mol. The largest absolute Gasteiger partial charge is 0.480 e. The highest BCUT2D eigenvalue weighted by molar-refractivity contribution is 7.98. The van der Waals surface area contributed by atoms with E-state index in [0.717, 1.165) is 0 Å². The Labute approximate surface area is 123 Å². The molecule has 1 fully saturated rings. The van der Waals surface area contributed by atoms with Crippen molar-refractivity contribution in [3.8, 4) is 0 Å². The number of hydrogen-bond donors (Lipinski definition) is 2. The van der Waals surface area contributed by atoms with Crippen LogP contribution in [0.5, 0.6) is 0 Å². The van der Waals surface area contributed by atoms with Crippen molar-refractivity contribution in [1.29, 1.82) is 0 Å². The fraction of sp³-hybridized carbons (Fsp3) is 0.833. The van der Waals surface area contributed by atoms with E-state index in [0.29, 0.717) is 25.3 Å². The van der Waals surface area contributed by atoms with Gasteiger partial charge in [0.05, 0.1) is 13.1 Å². The third kappa shape index (κ3) is 4.53. The Bertz CT molecular complexity index is 330. The number of carbonyl (C=O) groups excluding carboxylic acids is 1. The zero-order chi connectivity index (χ0) is 15.1. The molecule has 8 heteroatoms. The molecule has 0 spiro atoms. The Morgan fingerprint density at radius 3 is 2.30 bits per heavy atom. The minimum Gasteiger partial charge on any atom is -0.480 e. The van der Waals surface area contributed by atoms with Crippen molar-refractivity contribution in [3.05, 3.63) is 0 Å². The van der Waals surface area contributed by atoms with Gasteiger partial charge in [-0.25, -0.2) is 9.59 Å². The van der Waals surface area contributed by atoms with Crippen LogP contribution in [0.2, 0.25) is 0 Å². The summed E-state index contributed by atoms with van der Waals surface area (Å²) in [6, 6.07) is -1.25. The van der Waals surface area contributed by atoms with E-state index in [9.17, 15) is 9.59 Å². The van der Waals surface area contributed by atoms with Gasteiger partial charge >= 0.3 is 12.0 Å². The molecule has 1 heterocycles. The molecule has 7 nitrogen and oxygen atoms in total. The van der Waals surface area contributed by atoms with Crippen LogP contribution in [-0.4, -0.2) is 79.6 Å². The summed E-state index contributed by atoms with van der Waals surface area (Å²) >= 11 is 1.55. The number of carboxylic acid groups (broad SMARTS) is 1. The molecular formula is C12H22N2O5S. The van der Waals surface area contributed by atoms with Crippen molar-refractivity contribution >= 4 is 23.8 Å². The Morgan fingerprint density at radius 1 is 1.35 bits per heavy atom. The first-order valence-corrected chi connectivity index (χ1v) is 7.75. The quantitative estimate of drug-likeness (QED) is 0.701. The molecule has 0 saturated carbocycles. The van der Waals surface area contributed by atoms with E-state index >= 15 is 0 Å². The van der Waals surface area contributed by atoms with Crippen LogP contribution in [0.3, 0.4) is 0 Å². The lowest BCUT2D eigenvalue weighted by Crippen LogP contribution is -2.47. The molecule has 0 radical (unpaired) electrons. The van der Waals surface area contributed by atoms with E-state index in [1.165, 1.54) is 4.90 Å². The predicted molar refractivity (Wildman–Crippen MR) is 76.1 cm³/mol. The van der Waals surface area contributed by atoms with Crippen LogP contribution in [0, 0.1) is 0 Å². The number of urea groups is 1. The van der Waals surface area contributed by atoms with Crippen LogP contribution < -0.4 is 5.32 Å². The molecule has 0 bridgehead atoms. The maximum absolute atomic E-state index is 12.1. The Morgan fingerprint density at radius 2 is 1.90 bits per heavy atom. The highest BCUT2D eigenvalue weighted by Gasteiger charge is 2.36. The molecule has 3 atom stereocenters. The number of methoxy groups -OCH3 is 2. The number of carboxylic acids is 1. The summed E-state index contributed by atoms with van der Waals surface area (Å²) in [4.78, 5) is 24.7. The molecule has 2 N–H and O–H groups in total. The zero-order valence-electron chi connectivity index (χ0n) is 12.0. The highest BCUT2D eigenvalue weighted by atomic mass is 32.2. The number of aliphatic carboxylic acids is 1. The average Bonchev–Trinajstić information content (AvgIpc) is 2.86. The van der Waals surface area contributed by atoms with Gasteiger partial charge in [0.2, 0.25) is 0 Å². The SMILES string of the molecule is COC1CN(C(=O)N[C@@H](CCSC)C(=O)O)CC1OC. The normalized spacial score (nSPS) is 23.6. The number of hydrogen-bond acceptors (Lipinski definition) is 5. The molecule has 0 aromatic rings. The van der Waals surface area contributed by atoms with Gasteiger partial charge in [0.25, 0.3) is 0 Å². The van der Waals surface area contributed by atoms with E-state index in [1.54, 1.807) is 26.0 Å². The minimum atomic E-state index is -1.02. The van der Waals surface area contributed by atoms with Crippen molar-refractivity contribution in [1.82, 2.24) is 10.2 Å². The van der Waals surface area contributed by atoms with Gasteiger partial charge < -0.3 is 24.8 Å². The molecule has 0 aromatic heterocycles. The lowest BCUT2D eigenvalue weighted by atomic mass is 10.2. The number of likely N-dealkylation sites (tertiary alicyclic amines) is 1. The first kappa shape index (κ1) is 17.1. The van der Waals surface area contributed by atoms with Gasteiger partial charge in [-0.1, -0.05) is 0 Å². The van der Waals surface area contributed by atoms with Crippen LogP contribution in [0.15, 0.2) is 0 Å². The molecule has 2 amide bonds. The fourth-order valence-electron chi connectivity index (χ4n) is 2.10. The van der Waals surface area contributed by atoms with Crippen molar-refractivity contribution in [3.63, 3.8) is 0 Å². The minimum absolute atomic E-state index is 0.180. The van der Waals surface area contributed by atoms with Gasteiger partial charge in [0.1, 0.15) is 18.2 Å². The standard InChI is InChI=1S/C12H22N2O5S/c1-18-9-6-14(7-10(9)19-2)12(17)13-8(11(15)16)4-5-20-3/h8-10H,4-7H2,1-3H3,(H,13,17)(H,15,16)/t8-,9?,10?/m0/s1. The van der Waals surface area contributed by atoms with Crippen LogP contribution >= 0.6 is 11.8 Å². The van der Waals surface area contributed by atoms with Gasteiger partial charge in [-0.3, -0.25) is 0 Å². The summed E-state index contributed by atoms with van der Waals surface area (Å²) in [6.07, 6.45) is 1.94. The first-order chi connectivity index (χ1) is 9.53. The number of nitrogens with zero attached hydrogens (tertiary/aromatic N) is 1. The maximum Gasteiger partial charge on any atom is 0.326 e. The third-order valence-electron chi connectivity index (χ3n) is 3.31. The van der Waals surface area contributed by atoms with Crippen LogP contribution in [0.1, 0.15) is 6.42 Å². The maximum atomic E-state index is 12.1. The smallest absolute Gasteiger partial charge is 0.326 e. The number of amides is 2. The van der Waals surface area contributed by atoms with Gasteiger partial charge in [0, 0.05) is 14.2 Å². The molecule has 1 aliphatic rings. The summed E-state index contributed by atoms with van der Waals surface area (Å²) < 4.78 is 10.5. The second-order valence-electron chi connectivity index (χ2n) is 4.58. The predicted octanol–water partition coefficient (Wildman–Crippen LogP) is 0.248. The third-order valence-corrected chi connectivity index (χ3v) is 3.96. The van der Waals surface area contributed by atoms with Gasteiger partial charge in [-0.05, 0) is 18.4 Å². The molecule has 0 aliphatic carbocycles. The molecule has 2 unspecified atom stereocenters. The van der Waals surface area contributed by atoms with E-state index in [-0.39, 0.29) is 18.2 Å². The first-order valence-electron chi connectivity index (χ1n) is 6.36. The zero-order valence-corrected chi connectivity index (χ0v) is 12.8. The summed E-state index contributed by atoms with van der Waals surface area (Å²) in [5.41, 5.74) is 0. The van der Waals surface area contributed by atoms with Crippen molar-refractivity contribution in [2.24, 2.45) is 0 Å². The van der Waals surface area contributed by atoms with Crippen molar-refractivity contribution in [2.75, 3.05) is 39.3 Å². The molecule has 1 aliphatic heterocycles. The summed E-state index contributed by atoms with van der Waals surface area (Å²) in [5.74, 6) is -0.336. The second-order valence-corrected chi connectivity index (χ2v) is 5.56. The topological polar surface area (TPSA) is 88.1 Å². The Hall–Kier alpha value is -0.990. The molecule has 20 heavy (non-hydrogen) atoms. The van der Waals surface area contributed by atoms with Crippen molar-refractivity contribution < 1.29 is 24.2 Å². The molecule has 1 saturated heterocycles. The number of ether oxygens (including phenoxy) is 2. The van der Waals surface area contributed by atoms with E-state index < -0.39 is 12.0 Å². The number of carbonyl (C=O) groups is 2. The number of nitrogens with one attached hydrogen (secondary N) is 1. The molecule has 1 rings (SSSR count). The van der Waals surface area contributed by atoms with Crippen molar-refractivity contribution in [2.45, 2.75) is 24.7 Å². The Balaban J connectivity index is 2.55.